The van der Waals surface area contributed by atoms with Gasteiger partial charge >= 0.3 is 0 Å². The van der Waals surface area contributed by atoms with Crippen LogP contribution in [0.25, 0.3) is 10.1 Å². The number of likely N-dealkylation sites (N-methyl/N-ethyl adjacent to an activating group) is 1. The molecule has 2 nitrogen and oxygen atoms in total. The molecule has 3 aromatic rings. The van der Waals surface area contributed by atoms with Gasteiger partial charge in [-0.25, -0.2) is 0 Å². The van der Waals surface area contributed by atoms with Gasteiger partial charge in [-0.3, -0.25) is 4.98 Å². The molecule has 2 aromatic heterocycles. The molecule has 1 unspecified atom stereocenters. The second kappa shape index (κ2) is 6.56. The zero-order chi connectivity index (χ0) is 14.7. The van der Waals surface area contributed by atoms with E-state index in [1.54, 1.807) is 12.4 Å². The van der Waals surface area contributed by atoms with Crippen LogP contribution in [0.4, 0.5) is 0 Å². The Morgan fingerprint density at radius 2 is 2.14 bits per heavy atom. The van der Waals surface area contributed by atoms with E-state index in [4.69, 9.17) is 11.6 Å². The summed E-state index contributed by atoms with van der Waals surface area (Å²) in [5.41, 5.74) is 1.13. The van der Waals surface area contributed by atoms with E-state index in [1.165, 1.54) is 15.0 Å². The van der Waals surface area contributed by atoms with Gasteiger partial charge in [-0.2, -0.15) is 0 Å². The Kier molecular flexibility index (Phi) is 4.54. The number of pyridine rings is 1. The Morgan fingerprint density at radius 1 is 1.29 bits per heavy atom. The number of nitrogens with zero attached hydrogens (tertiary/aromatic N) is 1. The minimum atomic E-state index is 0.285. The number of aromatic nitrogens is 1. The van der Waals surface area contributed by atoms with Crippen LogP contribution in [0.1, 0.15) is 23.4 Å². The molecule has 1 aromatic carbocycles. The lowest BCUT2D eigenvalue weighted by Crippen LogP contribution is -2.22. The van der Waals surface area contributed by atoms with Gasteiger partial charge < -0.3 is 5.32 Å². The van der Waals surface area contributed by atoms with Crippen LogP contribution < -0.4 is 5.32 Å². The number of nitrogens with one attached hydrogen (secondary N) is 1. The van der Waals surface area contributed by atoms with Crippen molar-refractivity contribution in [1.29, 1.82) is 0 Å². The highest BCUT2D eigenvalue weighted by Crippen LogP contribution is 2.32. The lowest BCUT2D eigenvalue weighted by molar-refractivity contribution is 0.558. The van der Waals surface area contributed by atoms with Crippen molar-refractivity contribution < 1.29 is 0 Å². The van der Waals surface area contributed by atoms with Crippen molar-refractivity contribution in [2.75, 3.05) is 6.54 Å². The fourth-order valence-corrected chi connectivity index (χ4v) is 3.82. The van der Waals surface area contributed by atoms with Crippen molar-refractivity contribution in [3.8, 4) is 0 Å². The first-order chi connectivity index (χ1) is 10.3. The standard InChI is InChI=1S/C17H17ClN2S/c1-2-20-15(9-12-7-8-19-11-14(12)18)17-10-13-5-3-4-6-16(13)21-17/h3-8,10-11,15,20H,2,9H2,1H3. The molecule has 3 rings (SSSR count). The molecule has 4 heteroatoms. The number of rotatable bonds is 5. The number of halogens is 1. The number of hydrogen-bond donors (Lipinski definition) is 1. The van der Waals surface area contributed by atoms with E-state index in [9.17, 15) is 0 Å². The molecule has 1 N–H and O–H groups in total. The molecule has 0 aliphatic rings. The number of fused-ring (bicyclic) bond motifs is 1. The SMILES string of the molecule is CCNC(Cc1ccncc1Cl)c1cc2ccccc2s1. The molecule has 21 heavy (non-hydrogen) atoms. The van der Waals surface area contributed by atoms with Crippen LogP contribution >= 0.6 is 22.9 Å². The Morgan fingerprint density at radius 3 is 2.90 bits per heavy atom. The lowest BCUT2D eigenvalue weighted by Gasteiger charge is -2.17. The minimum absolute atomic E-state index is 0.285. The fraction of sp³-hybridized carbons (Fsp3) is 0.235. The summed E-state index contributed by atoms with van der Waals surface area (Å²) in [5, 5.41) is 5.61. The highest BCUT2D eigenvalue weighted by molar-refractivity contribution is 7.19. The van der Waals surface area contributed by atoms with Crippen LogP contribution in [0.3, 0.4) is 0 Å². The summed E-state index contributed by atoms with van der Waals surface area (Å²) in [6.45, 7) is 3.07. The predicted molar refractivity (Wildman–Crippen MR) is 91.2 cm³/mol. The van der Waals surface area contributed by atoms with Crippen LogP contribution in [0.2, 0.25) is 5.02 Å². The molecule has 0 amide bonds. The molecule has 0 bridgehead atoms. The van der Waals surface area contributed by atoms with Gasteiger partial charge in [0.15, 0.2) is 0 Å². The van der Waals surface area contributed by atoms with Gasteiger partial charge in [-0.15, -0.1) is 11.3 Å². The van der Waals surface area contributed by atoms with E-state index in [0.717, 1.165) is 23.6 Å². The average Bonchev–Trinajstić information content (AvgIpc) is 2.93. The number of benzene rings is 1. The molecular weight excluding hydrogens is 300 g/mol. The number of thiophene rings is 1. The molecular formula is C17H17ClN2S. The highest BCUT2D eigenvalue weighted by atomic mass is 35.5. The smallest absolute Gasteiger partial charge is 0.0622 e. The molecule has 0 aliphatic carbocycles. The molecule has 108 valence electrons. The van der Waals surface area contributed by atoms with E-state index in [1.807, 2.05) is 17.4 Å². The molecule has 0 radical (unpaired) electrons. The first-order valence-corrected chi connectivity index (χ1v) is 8.27. The zero-order valence-corrected chi connectivity index (χ0v) is 13.4. The zero-order valence-electron chi connectivity index (χ0n) is 11.8. The second-order valence-electron chi connectivity index (χ2n) is 4.97. The van der Waals surface area contributed by atoms with E-state index >= 15 is 0 Å². The van der Waals surface area contributed by atoms with Gasteiger partial charge in [0, 0.05) is 28.0 Å². The average molecular weight is 317 g/mol. The van der Waals surface area contributed by atoms with Crippen LogP contribution in [-0.2, 0) is 6.42 Å². The van der Waals surface area contributed by atoms with Gasteiger partial charge in [-0.05, 0) is 42.1 Å². The van der Waals surface area contributed by atoms with Crippen molar-refractivity contribution in [1.82, 2.24) is 10.3 Å². The first kappa shape index (κ1) is 14.5. The largest absolute Gasteiger partial charge is 0.309 e. The Balaban J connectivity index is 1.92. The predicted octanol–water partition coefficient (Wildman–Crippen LogP) is 4.84. The van der Waals surface area contributed by atoms with Crippen molar-refractivity contribution in [2.24, 2.45) is 0 Å². The summed E-state index contributed by atoms with van der Waals surface area (Å²) in [4.78, 5) is 5.41. The summed E-state index contributed by atoms with van der Waals surface area (Å²) >= 11 is 8.10. The lowest BCUT2D eigenvalue weighted by atomic mass is 10.1. The third-order valence-corrected chi connectivity index (χ3v) is 5.09. The number of hydrogen-bond acceptors (Lipinski definition) is 3. The molecule has 0 aliphatic heterocycles. The maximum atomic E-state index is 6.25. The second-order valence-corrected chi connectivity index (χ2v) is 6.49. The Hall–Kier alpha value is -1.42. The van der Waals surface area contributed by atoms with Crippen molar-refractivity contribution in [3.05, 3.63) is 64.3 Å². The van der Waals surface area contributed by atoms with E-state index in [2.05, 4.69) is 47.6 Å². The quantitative estimate of drug-likeness (QED) is 0.728. The van der Waals surface area contributed by atoms with Crippen LogP contribution in [0.15, 0.2) is 48.8 Å². The summed E-state index contributed by atoms with van der Waals surface area (Å²) < 4.78 is 1.33. The molecule has 1 atom stereocenters. The molecule has 0 saturated heterocycles. The molecule has 0 fully saturated rings. The van der Waals surface area contributed by atoms with Gasteiger partial charge in [0.05, 0.1) is 5.02 Å². The van der Waals surface area contributed by atoms with Crippen molar-refractivity contribution in [3.63, 3.8) is 0 Å². The summed E-state index contributed by atoms with van der Waals surface area (Å²) in [5.74, 6) is 0. The molecule has 0 spiro atoms. The summed E-state index contributed by atoms with van der Waals surface area (Å²) in [7, 11) is 0. The first-order valence-electron chi connectivity index (χ1n) is 7.08. The van der Waals surface area contributed by atoms with Gasteiger partial charge in [0.2, 0.25) is 0 Å². The van der Waals surface area contributed by atoms with Crippen molar-refractivity contribution in [2.45, 2.75) is 19.4 Å². The van der Waals surface area contributed by atoms with Gasteiger partial charge in [0.25, 0.3) is 0 Å². The topological polar surface area (TPSA) is 24.9 Å². The third kappa shape index (κ3) is 3.26. The molecule has 0 saturated carbocycles. The van der Waals surface area contributed by atoms with Crippen molar-refractivity contribution >= 4 is 33.0 Å². The minimum Gasteiger partial charge on any atom is -0.309 e. The van der Waals surface area contributed by atoms with E-state index in [0.29, 0.717) is 0 Å². The van der Waals surface area contributed by atoms with Crippen LogP contribution in [-0.4, -0.2) is 11.5 Å². The maximum absolute atomic E-state index is 6.25. The van der Waals surface area contributed by atoms with Crippen LogP contribution in [0.5, 0.6) is 0 Å². The summed E-state index contributed by atoms with van der Waals surface area (Å²) in [6.07, 6.45) is 4.39. The Bertz CT molecular complexity index is 705. The fourth-order valence-electron chi connectivity index (χ4n) is 2.48. The molecule has 2 heterocycles. The highest BCUT2D eigenvalue weighted by Gasteiger charge is 2.15. The Labute approximate surface area is 133 Å². The third-order valence-electron chi connectivity index (χ3n) is 3.52. The van der Waals surface area contributed by atoms with Gasteiger partial charge in [0.1, 0.15) is 0 Å². The monoisotopic (exact) mass is 316 g/mol. The van der Waals surface area contributed by atoms with Gasteiger partial charge in [-0.1, -0.05) is 36.7 Å². The maximum Gasteiger partial charge on any atom is 0.0622 e. The normalized spacial score (nSPS) is 12.7. The summed E-state index contributed by atoms with van der Waals surface area (Å²) in [6, 6.07) is 13.1. The van der Waals surface area contributed by atoms with E-state index in [-0.39, 0.29) is 6.04 Å². The van der Waals surface area contributed by atoms with E-state index < -0.39 is 0 Å². The van der Waals surface area contributed by atoms with Crippen LogP contribution in [0, 0.1) is 0 Å².